The van der Waals surface area contributed by atoms with E-state index in [4.69, 9.17) is 11.6 Å². The van der Waals surface area contributed by atoms with E-state index in [1.54, 1.807) is 10.4 Å². The summed E-state index contributed by atoms with van der Waals surface area (Å²) in [5.41, 5.74) is 0.319. The van der Waals surface area contributed by atoms with Crippen LogP contribution in [-0.2, 0) is 15.9 Å². The predicted octanol–water partition coefficient (Wildman–Crippen LogP) is 4.84. The summed E-state index contributed by atoms with van der Waals surface area (Å²) in [6.07, 6.45) is 4.14. The van der Waals surface area contributed by atoms with E-state index in [0.717, 1.165) is 30.6 Å². The number of hydrogen-bond donors (Lipinski definition) is 0. The largest absolute Gasteiger partial charge is 0.245 e. The van der Waals surface area contributed by atoms with E-state index in [1.165, 1.54) is 11.3 Å². The first-order valence-corrected chi connectivity index (χ1v) is 10.8. The number of sulfonamides is 1. The van der Waals surface area contributed by atoms with E-state index in [2.05, 4.69) is 29.8 Å². The molecule has 1 saturated heterocycles. The summed E-state index contributed by atoms with van der Waals surface area (Å²) in [4.78, 5) is 1.24. The van der Waals surface area contributed by atoms with Crippen molar-refractivity contribution in [1.82, 2.24) is 4.31 Å². The SMILES string of the molecule is CCC1(CC)CCN(S(=O)(=O)c2cc(CCl)sc2Br)CC1. The highest BCUT2D eigenvalue weighted by Crippen LogP contribution is 2.41. The molecule has 0 amide bonds. The highest BCUT2D eigenvalue weighted by molar-refractivity contribution is 9.11. The monoisotopic (exact) mass is 413 g/mol. The lowest BCUT2D eigenvalue weighted by molar-refractivity contribution is 0.141. The standard InChI is InChI=1S/C14H21BrClNO2S2/c1-3-14(4-2)5-7-17(8-6-14)21(18,19)12-9-11(10-16)20-13(12)15/h9H,3-8,10H2,1-2H3. The Morgan fingerprint density at radius 1 is 1.33 bits per heavy atom. The molecule has 0 spiro atoms. The van der Waals surface area contributed by atoms with Crippen LogP contribution in [0.1, 0.15) is 44.4 Å². The number of rotatable bonds is 5. The van der Waals surface area contributed by atoms with E-state index in [0.29, 0.717) is 33.1 Å². The summed E-state index contributed by atoms with van der Waals surface area (Å²) in [6, 6.07) is 1.69. The molecule has 0 N–H and O–H groups in total. The average Bonchev–Trinajstić information content (AvgIpc) is 2.89. The third-order valence-electron chi connectivity index (χ3n) is 4.74. The summed E-state index contributed by atoms with van der Waals surface area (Å²) >= 11 is 10.6. The molecule has 120 valence electrons. The molecule has 7 heteroatoms. The van der Waals surface area contributed by atoms with Gasteiger partial charge in [-0.25, -0.2) is 8.42 Å². The van der Waals surface area contributed by atoms with Crippen molar-refractivity contribution in [2.24, 2.45) is 5.41 Å². The molecule has 0 aliphatic carbocycles. The van der Waals surface area contributed by atoms with Crippen molar-refractivity contribution in [3.05, 3.63) is 14.7 Å². The summed E-state index contributed by atoms with van der Waals surface area (Å²) in [5, 5.41) is 0. The second kappa shape index (κ2) is 6.87. The normalized spacial score (nSPS) is 19.8. The Kier molecular flexibility index (Phi) is 5.80. The number of alkyl halides is 1. The maximum atomic E-state index is 12.8. The molecular weight excluding hydrogens is 394 g/mol. The van der Waals surface area contributed by atoms with Crippen LogP contribution in [0.3, 0.4) is 0 Å². The maximum absolute atomic E-state index is 12.8. The van der Waals surface area contributed by atoms with Gasteiger partial charge in [0, 0.05) is 18.0 Å². The minimum absolute atomic E-state index is 0.319. The van der Waals surface area contributed by atoms with Crippen LogP contribution in [0.5, 0.6) is 0 Å². The van der Waals surface area contributed by atoms with Crippen molar-refractivity contribution in [2.75, 3.05) is 13.1 Å². The third kappa shape index (κ3) is 3.50. The van der Waals surface area contributed by atoms with Crippen LogP contribution >= 0.6 is 38.9 Å². The molecule has 21 heavy (non-hydrogen) atoms. The van der Waals surface area contributed by atoms with Gasteiger partial charge in [-0.2, -0.15) is 4.31 Å². The quantitative estimate of drug-likeness (QED) is 0.646. The molecule has 1 aliphatic rings. The van der Waals surface area contributed by atoms with Gasteiger partial charge in [-0.15, -0.1) is 22.9 Å². The van der Waals surface area contributed by atoms with E-state index < -0.39 is 10.0 Å². The van der Waals surface area contributed by atoms with Gasteiger partial charge in [0.1, 0.15) is 4.90 Å². The van der Waals surface area contributed by atoms with Gasteiger partial charge in [0.15, 0.2) is 0 Å². The van der Waals surface area contributed by atoms with Gasteiger partial charge in [0.05, 0.1) is 9.67 Å². The van der Waals surface area contributed by atoms with Crippen molar-refractivity contribution in [3.63, 3.8) is 0 Å². The molecule has 0 atom stereocenters. The Hall–Kier alpha value is 0.380. The average molecular weight is 415 g/mol. The van der Waals surface area contributed by atoms with Crippen LogP contribution in [0.2, 0.25) is 0 Å². The van der Waals surface area contributed by atoms with E-state index in [-0.39, 0.29) is 0 Å². The minimum Gasteiger partial charge on any atom is -0.207 e. The fraction of sp³-hybridized carbons (Fsp3) is 0.714. The Labute approximate surface area is 144 Å². The maximum Gasteiger partial charge on any atom is 0.245 e. The lowest BCUT2D eigenvalue weighted by Crippen LogP contribution is -2.42. The first-order valence-electron chi connectivity index (χ1n) is 7.23. The molecule has 2 heterocycles. The van der Waals surface area contributed by atoms with Gasteiger partial charge in [-0.05, 0) is 40.3 Å². The number of thiophene rings is 1. The van der Waals surface area contributed by atoms with E-state index >= 15 is 0 Å². The molecule has 1 aromatic rings. The Bertz CT molecular complexity index is 586. The van der Waals surface area contributed by atoms with Crippen molar-refractivity contribution >= 4 is 48.9 Å². The van der Waals surface area contributed by atoms with Gasteiger partial charge in [0.2, 0.25) is 10.0 Å². The van der Waals surface area contributed by atoms with E-state index in [9.17, 15) is 8.42 Å². The molecule has 0 bridgehead atoms. The lowest BCUT2D eigenvalue weighted by Gasteiger charge is -2.40. The smallest absolute Gasteiger partial charge is 0.207 e. The first kappa shape index (κ1) is 17.7. The fourth-order valence-electron chi connectivity index (χ4n) is 2.94. The lowest BCUT2D eigenvalue weighted by atomic mass is 9.75. The molecule has 3 nitrogen and oxygen atoms in total. The molecule has 0 saturated carbocycles. The number of hydrogen-bond acceptors (Lipinski definition) is 3. The van der Waals surface area contributed by atoms with Gasteiger partial charge >= 0.3 is 0 Å². The first-order chi connectivity index (χ1) is 9.88. The molecule has 0 radical (unpaired) electrons. The molecule has 1 aliphatic heterocycles. The summed E-state index contributed by atoms with van der Waals surface area (Å²) in [6.45, 7) is 5.64. The van der Waals surface area contributed by atoms with Crippen LogP contribution in [0.4, 0.5) is 0 Å². The molecule has 1 aromatic heterocycles. The second-order valence-corrected chi connectivity index (χ2v) is 10.2. The Morgan fingerprint density at radius 2 is 1.90 bits per heavy atom. The van der Waals surface area contributed by atoms with Crippen LogP contribution < -0.4 is 0 Å². The molecule has 0 unspecified atom stereocenters. The molecular formula is C14H21BrClNO2S2. The highest BCUT2D eigenvalue weighted by Gasteiger charge is 2.37. The van der Waals surface area contributed by atoms with Crippen molar-refractivity contribution < 1.29 is 8.42 Å². The van der Waals surface area contributed by atoms with Crippen molar-refractivity contribution in [1.29, 1.82) is 0 Å². The van der Waals surface area contributed by atoms with Crippen molar-refractivity contribution in [3.8, 4) is 0 Å². The van der Waals surface area contributed by atoms with Gasteiger partial charge in [-0.1, -0.05) is 26.7 Å². The van der Waals surface area contributed by atoms with Gasteiger partial charge in [-0.3, -0.25) is 0 Å². The molecule has 0 aromatic carbocycles. The van der Waals surface area contributed by atoms with Crippen molar-refractivity contribution in [2.45, 2.75) is 50.3 Å². The Balaban J connectivity index is 2.20. The number of nitrogens with zero attached hydrogens (tertiary/aromatic N) is 1. The molecule has 1 fully saturated rings. The minimum atomic E-state index is -3.41. The number of halogens is 2. The Morgan fingerprint density at radius 3 is 2.33 bits per heavy atom. The van der Waals surface area contributed by atoms with Crippen LogP contribution in [0.15, 0.2) is 14.7 Å². The fourth-order valence-corrected chi connectivity index (χ4v) is 7.10. The topological polar surface area (TPSA) is 37.4 Å². The van der Waals surface area contributed by atoms with Crippen LogP contribution in [0, 0.1) is 5.41 Å². The van der Waals surface area contributed by atoms with Crippen LogP contribution in [0.25, 0.3) is 0 Å². The zero-order valence-electron chi connectivity index (χ0n) is 12.4. The summed E-state index contributed by atoms with van der Waals surface area (Å²) in [5.74, 6) is 0.341. The third-order valence-corrected chi connectivity index (χ3v) is 9.34. The zero-order valence-corrected chi connectivity index (χ0v) is 16.3. The zero-order chi connectivity index (χ0) is 15.7. The summed E-state index contributed by atoms with van der Waals surface area (Å²) < 4.78 is 27.8. The van der Waals surface area contributed by atoms with Gasteiger partial charge in [0.25, 0.3) is 0 Å². The second-order valence-electron chi connectivity index (χ2n) is 5.60. The number of piperidine rings is 1. The predicted molar refractivity (Wildman–Crippen MR) is 92.6 cm³/mol. The molecule has 2 rings (SSSR count). The van der Waals surface area contributed by atoms with E-state index in [1.807, 2.05) is 0 Å². The van der Waals surface area contributed by atoms with Crippen LogP contribution in [-0.4, -0.2) is 25.8 Å². The summed E-state index contributed by atoms with van der Waals surface area (Å²) in [7, 11) is -3.41. The highest BCUT2D eigenvalue weighted by atomic mass is 79.9. The van der Waals surface area contributed by atoms with Gasteiger partial charge < -0.3 is 0 Å².